The molecule has 3 nitrogen and oxygen atoms in total. The standard InChI is InChI=1S/C12H16BrNO2/c1-12(2)7-9-6-10(13)5-8(3-4-15-14)11(9)16-12/h5-6H,3-4,7,14H2,1-2H3. The van der Waals surface area contributed by atoms with Gasteiger partial charge in [-0.1, -0.05) is 15.9 Å². The minimum absolute atomic E-state index is 0.110. The second-order valence-corrected chi connectivity index (χ2v) is 5.63. The van der Waals surface area contributed by atoms with Crippen LogP contribution in [0.1, 0.15) is 25.0 Å². The Hall–Kier alpha value is -0.580. The first-order valence-corrected chi connectivity index (χ1v) is 6.13. The van der Waals surface area contributed by atoms with Gasteiger partial charge in [0.25, 0.3) is 0 Å². The summed E-state index contributed by atoms with van der Waals surface area (Å²) in [6, 6.07) is 4.19. The largest absolute Gasteiger partial charge is 0.487 e. The average molecular weight is 286 g/mol. The molecule has 1 aromatic carbocycles. The lowest BCUT2D eigenvalue weighted by Gasteiger charge is -2.18. The van der Waals surface area contributed by atoms with Gasteiger partial charge in [-0.15, -0.1) is 0 Å². The normalized spacial score (nSPS) is 17.0. The molecule has 0 radical (unpaired) electrons. The SMILES string of the molecule is CC1(C)Cc2cc(Br)cc(CCON)c2O1. The Morgan fingerprint density at radius 2 is 2.25 bits per heavy atom. The molecule has 2 N–H and O–H groups in total. The molecule has 0 aromatic heterocycles. The summed E-state index contributed by atoms with van der Waals surface area (Å²) >= 11 is 3.52. The van der Waals surface area contributed by atoms with E-state index in [0.717, 1.165) is 28.6 Å². The molecular formula is C12H16BrNO2. The third-order valence-corrected chi connectivity index (χ3v) is 3.15. The molecule has 4 heteroatoms. The highest BCUT2D eigenvalue weighted by molar-refractivity contribution is 9.10. The summed E-state index contributed by atoms with van der Waals surface area (Å²) in [4.78, 5) is 4.63. The van der Waals surface area contributed by atoms with Crippen LogP contribution in [0.25, 0.3) is 0 Å². The van der Waals surface area contributed by atoms with Crippen LogP contribution >= 0.6 is 15.9 Å². The van der Waals surface area contributed by atoms with E-state index in [0.29, 0.717) is 6.61 Å². The minimum atomic E-state index is -0.110. The molecule has 1 heterocycles. The van der Waals surface area contributed by atoms with Gasteiger partial charge in [0.1, 0.15) is 11.4 Å². The number of hydrogen-bond acceptors (Lipinski definition) is 3. The molecule has 1 aliphatic rings. The zero-order valence-corrected chi connectivity index (χ0v) is 11.1. The molecule has 0 fully saturated rings. The molecular weight excluding hydrogens is 270 g/mol. The number of halogens is 1. The summed E-state index contributed by atoms with van der Waals surface area (Å²) in [5.74, 6) is 6.07. The third-order valence-electron chi connectivity index (χ3n) is 2.69. The lowest BCUT2D eigenvalue weighted by atomic mass is 10.00. The lowest BCUT2D eigenvalue weighted by molar-refractivity contribution is 0.129. The van der Waals surface area contributed by atoms with Gasteiger partial charge in [0.2, 0.25) is 0 Å². The Morgan fingerprint density at radius 3 is 2.94 bits per heavy atom. The molecule has 0 atom stereocenters. The van der Waals surface area contributed by atoms with Gasteiger partial charge >= 0.3 is 0 Å². The zero-order chi connectivity index (χ0) is 11.8. The zero-order valence-electron chi connectivity index (χ0n) is 9.55. The van der Waals surface area contributed by atoms with Gasteiger partial charge in [-0.3, -0.25) is 0 Å². The van der Waals surface area contributed by atoms with Crippen LogP contribution in [0, 0.1) is 0 Å². The van der Waals surface area contributed by atoms with E-state index in [1.54, 1.807) is 0 Å². The summed E-state index contributed by atoms with van der Waals surface area (Å²) in [5.41, 5.74) is 2.30. The van der Waals surface area contributed by atoms with E-state index in [2.05, 4.69) is 46.7 Å². The third kappa shape index (κ3) is 2.39. The van der Waals surface area contributed by atoms with Crippen molar-refractivity contribution < 1.29 is 9.57 Å². The van der Waals surface area contributed by atoms with Crippen LogP contribution in [0.3, 0.4) is 0 Å². The first-order chi connectivity index (χ1) is 7.52. The number of benzene rings is 1. The topological polar surface area (TPSA) is 44.5 Å². The molecule has 0 amide bonds. The van der Waals surface area contributed by atoms with Crippen molar-refractivity contribution >= 4 is 15.9 Å². The van der Waals surface area contributed by atoms with Gasteiger partial charge < -0.3 is 9.57 Å². The molecule has 16 heavy (non-hydrogen) atoms. The van der Waals surface area contributed by atoms with Crippen LogP contribution in [0.5, 0.6) is 5.75 Å². The van der Waals surface area contributed by atoms with Gasteiger partial charge in [-0.05, 0) is 37.1 Å². The molecule has 1 aromatic rings. The second-order valence-electron chi connectivity index (χ2n) is 4.71. The number of ether oxygens (including phenoxy) is 1. The molecule has 0 bridgehead atoms. The van der Waals surface area contributed by atoms with Crippen LogP contribution in [0.2, 0.25) is 0 Å². The van der Waals surface area contributed by atoms with E-state index >= 15 is 0 Å². The Balaban J connectivity index is 2.33. The summed E-state index contributed by atoms with van der Waals surface area (Å²) < 4.78 is 7.04. The van der Waals surface area contributed by atoms with Crippen LogP contribution in [-0.4, -0.2) is 12.2 Å². The maximum atomic E-state index is 5.96. The number of hydrogen-bond donors (Lipinski definition) is 1. The van der Waals surface area contributed by atoms with Crippen LogP contribution in [0.15, 0.2) is 16.6 Å². The maximum absolute atomic E-state index is 5.96. The fraction of sp³-hybridized carbons (Fsp3) is 0.500. The fourth-order valence-electron chi connectivity index (χ4n) is 2.10. The average Bonchev–Trinajstić information content (AvgIpc) is 2.48. The summed E-state index contributed by atoms with van der Waals surface area (Å²) in [5, 5.41) is 0. The molecule has 0 unspecified atom stereocenters. The van der Waals surface area contributed by atoms with Crippen molar-refractivity contribution in [2.24, 2.45) is 5.90 Å². The van der Waals surface area contributed by atoms with E-state index in [1.165, 1.54) is 5.56 Å². The van der Waals surface area contributed by atoms with Crippen molar-refractivity contribution in [1.82, 2.24) is 0 Å². The van der Waals surface area contributed by atoms with Crippen molar-refractivity contribution in [2.75, 3.05) is 6.61 Å². The molecule has 2 rings (SSSR count). The van der Waals surface area contributed by atoms with E-state index in [-0.39, 0.29) is 5.60 Å². The first kappa shape index (κ1) is 11.9. The molecule has 0 spiro atoms. The van der Waals surface area contributed by atoms with Crippen LogP contribution in [-0.2, 0) is 17.7 Å². The van der Waals surface area contributed by atoms with E-state index in [1.807, 2.05) is 0 Å². The highest BCUT2D eigenvalue weighted by atomic mass is 79.9. The second kappa shape index (κ2) is 4.35. The van der Waals surface area contributed by atoms with Crippen molar-refractivity contribution in [3.8, 4) is 5.75 Å². The Labute approximate surface area is 104 Å². The van der Waals surface area contributed by atoms with E-state index < -0.39 is 0 Å². The monoisotopic (exact) mass is 285 g/mol. The molecule has 0 saturated heterocycles. The summed E-state index contributed by atoms with van der Waals surface area (Å²) in [6.07, 6.45) is 1.71. The Kier molecular flexibility index (Phi) is 3.24. The lowest BCUT2D eigenvalue weighted by Crippen LogP contribution is -2.25. The Morgan fingerprint density at radius 1 is 1.50 bits per heavy atom. The predicted octanol–water partition coefficient (Wildman–Crippen LogP) is 2.60. The summed E-state index contributed by atoms with van der Waals surface area (Å²) in [6.45, 7) is 4.71. The van der Waals surface area contributed by atoms with Crippen molar-refractivity contribution in [1.29, 1.82) is 0 Å². The molecule has 1 aliphatic heterocycles. The maximum Gasteiger partial charge on any atom is 0.126 e. The molecule has 88 valence electrons. The number of rotatable bonds is 3. The van der Waals surface area contributed by atoms with Crippen molar-refractivity contribution in [3.63, 3.8) is 0 Å². The predicted molar refractivity (Wildman–Crippen MR) is 66.4 cm³/mol. The van der Waals surface area contributed by atoms with Crippen molar-refractivity contribution in [3.05, 3.63) is 27.7 Å². The fourth-order valence-corrected chi connectivity index (χ4v) is 2.65. The van der Waals surface area contributed by atoms with Gasteiger partial charge in [0, 0.05) is 17.3 Å². The summed E-state index contributed by atoms with van der Waals surface area (Å²) in [7, 11) is 0. The molecule has 0 saturated carbocycles. The minimum Gasteiger partial charge on any atom is -0.487 e. The number of nitrogens with two attached hydrogens (primary N) is 1. The highest BCUT2D eigenvalue weighted by Crippen LogP contribution is 2.39. The van der Waals surface area contributed by atoms with Crippen molar-refractivity contribution in [2.45, 2.75) is 32.3 Å². The Bertz CT molecular complexity index is 404. The quantitative estimate of drug-likeness (QED) is 0.869. The van der Waals surface area contributed by atoms with E-state index in [9.17, 15) is 0 Å². The highest BCUT2D eigenvalue weighted by Gasteiger charge is 2.31. The number of fused-ring (bicyclic) bond motifs is 1. The van der Waals surface area contributed by atoms with Gasteiger partial charge in [0.05, 0.1) is 6.61 Å². The van der Waals surface area contributed by atoms with Gasteiger partial charge in [0.15, 0.2) is 0 Å². The first-order valence-electron chi connectivity index (χ1n) is 5.34. The van der Waals surface area contributed by atoms with Crippen LogP contribution < -0.4 is 10.6 Å². The smallest absolute Gasteiger partial charge is 0.126 e. The van der Waals surface area contributed by atoms with E-state index in [4.69, 9.17) is 10.6 Å². The van der Waals surface area contributed by atoms with Crippen LogP contribution in [0.4, 0.5) is 0 Å². The van der Waals surface area contributed by atoms with Gasteiger partial charge in [-0.2, -0.15) is 0 Å². The molecule has 0 aliphatic carbocycles. The van der Waals surface area contributed by atoms with Gasteiger partial charge in [-0.25, -0.2) is 5.90 Å².